The fraction of sp³-hybridized carbons (Fsp3) is 0.263. The van der Waals surface area contributed by atoms with Crippen molar-refractivity contribution in [2.75, 3.05) is 39.6 Å². The van der Waals surface area contributed by atoms with Crippen LogP contribution in [-0.2, 0) is 27.3 Å². The van der Waals surface area contributed by atoms with Crippen molar-refractivity contribution >= 4 is 29.0 Å². The molecule has 10 heteroatoms. The van der Waals surface area contributed by atoms with E-state index < -0.39 is 12.1 Å². The molecule has 0 aliphatic carbocycles. The number of fused-ring (bicyclic) bond motifs is 2. The number of rotatable bonds is 11. The number of nitrogens with one attached hydrogen (secondary N) is 1. The van der Waals surface area contributed by atoms with Crippen LogP contribution in [0.3, 0.4) is 0 Å². The number of anilines is 1. The molecule has 246 valence electrons. The summed E-state index contributed by atoms with van der Waals surface area (Å²) in [5.41, 5.74) is 5.66. The second-order valence-corrected chi connectivity index (χ2v) is 12.1. The van der Waals surface area contributed by atoms with E-state index in [9.17, 15) is 14.4 Å². The summed E-state index contributed by atoms with van der Waals surface area (Å²) in [4.78, 5) is 46.8. The van der Waals surface area contributed by atoms with Gasteiger partial charge in [0, 0.05) is 39.3 Å². The van der Waals surface area contributed by atoms with Gasteiger partial charge in [0.15, 0.2) is 6.10 Å². The molecular formula is C38H39N5O5. The zero-order chi connectivity index (χ0) is 33.6. The molecule has 2 aromatic heterocycles. The predicted octanol–water partition coefficient (Wildman–Crippen LogP) is 5.18. The Hall–Kier alpha value is -5.64. The number of hydrogen-bond donors (Lipinski definition) is 1. The highest BCUT2D eigenvalue weighted by Crippen LogP contribution is 2.36. The van der Waals surface area contributed by atoms with E-state index in [1.54, 1.807) is 35.8 Å². The van der Waals surface area contributed by atoms with Crippen molar-refractivity contribution in [1.29, 1.82) is 0 Å². The highest BCUT2D eigenvalue weighted by molar-refractivity contribution is 5.88. The number of ether oxygens (including phenoxy) is 2. The van der Waals surface area contributed by atoms with Crippen molar-refractivity contribution in [3.8, 4) is 5.75 Å². The van der Waals surface area contributed by atoms with Crippen molar-refractivity contribution < 1.29 is 23.9 Å². The number of benzene rings is 3. The highest BCUT2D eigenvalue weighted by atomic mass is 16.5. The number of carbonyl (C=O) groups is 3. The summed E-state index contributed by atoms with van der Waals surface area (Å²) in [7, 11) is 4.73. The van der Waals surface area contributed by atoms with Crippen LogP contribution in [0, 0.1) is 0 Å². The molecule has 0 radical (unpaired) electrons. The average Bonchev–Trinajstić information content (AvgIpc) is 3.55. The molecule has 0 spiro atoms. The third kappa shape index (κ3) is 7.02. The van der Waals surface area contributed by atoms with Gasteiger partial charge in [-0.15, -0.1) is 0 Å². The molecule has 3 heterocycles. The Morgan fingerprint density at radius 2 is 1.69 bits per heavy atom. The Labute approximate surface area is 279 Å². The Morgan fingerprint density at radius 1 is 0.979 bits per heavy atom. The van der Waals surface area contributed by atoms with E-state index in [4.69, 9.17) is 9.47 Å². The molecule has 48 heavy (non-hydrogen) atoms. The monoisotopic (exact) mass is 645 g/mol. The lowest BCUT2D eigenvalue weighted by molar-refractivity contribution is -0.144. The van der Waals surface area contributed by atoms with Crippen molar-refractivity contribution in [3.05, 3.63) is 131 Å². The van der Waals surface area contributed by atoms with Crippen LogP contribution < -0.4 is 10.1 Å². The van der Waals surface area contributed by atoms with Gasteiger partial charge in [-0.1, -0.05) is 72.8 Å². The second kappa shape index (κ2) is 14.4. The number of carbonyl (C=O) groups excluding carboxylic acids is 3. The second-order valence-electron chi connectivity index (χ2n) is 12.1. The number of amides is 2. The van der Waals surface area contributed by atoms with Crippen LogP contribution in [0.1, 0.15) is 45.2 Å². The number of aromatic nitrogens is 2. The van der Waals surface area contributed by atoms with E-state index in [-0.39, 0.29) is 30.1 Å². The number of aryl methyl sites for hydroxylation is 1. The summed E-state index contributed by atoms with van der Waals surface area (Å²) < 4.78 is 13.0. The zero-order valence-electron chi connectivity index (χ0n) is 27.3. The first kappa shape index (κ1) is 32.3. The number of para-hydroxylation sites is 1. The normalized spacial score (nSPS) is 13.8. The molecule has 1 N–H and O–H groups in total. The van der Waals surface area contributed by atoms with Crippen LogP contribution in [0.5, 0.6) is 5.75 Å². The first-order valence-electron chi connectivity index (χ1n) is 16.0. The molecular weight excluding hydrogens is 606 g/mol. The molecule has 1 aliphatic rings. The molecule has 2 amide bonds. The third-order valence-electron chi connectivity index (χ3n) is 8.70. The number of methoxy groups -OCH3 is 1. The third-order valence-corrected chi connectivity index (χ3v) is 8.70. The van der Waals surface area contributed by atoms with Gasteiger partial charge >= 0.3 is 5.97 Å². The molecule has 1 atom stereocenters. The lowest BCUT2D eigenvalue weighted by Crippen LogP contribution is -2.49. The first-order valence-corrected chi connectivity index (χ1v) is 16.0. The number of pyridine rings is 1. The fourth-order valence-corrected chi connectivity index (χ4v) is 6.05. The lowest BCUT2D eigenvalue weighted by Gasteiger charge is -2.34. The van der Waals surface area contributed by atoms with Gasteiger partial charge < -0.3 is 24.6 Å². The first-order chi connectivity index (χ1) is 23.3. The van der Waals surface area contributed by atoms with Gasteiger partial charge in [-0.3, -0.25) is 14.0 Å². The van der Waals surface area contributed by atoms with Gasteiger partial charge in [0.2, 0.25) is 11.7 Å². The maximum Gasteiger partial charge on any atom is 0.374 e. The fourth-order valence-electron chi connectivity index (χ4n) is 6.05. The van der Waals surface area contributed by atoms with Crippen molar-refractivity contribution in [1.82, 2.24) is 19.2 Å². The Kier molecular flexibility index (Phi) is 9.70. The maximum absolute atomic E-state index is 14.3. The molecule has 0 fully saturated rings. The molecule has 6 rings (SSSR count). The molecule has 0 bridgehead atoms. The molecule has 0 saturated carbocycles. The van der Waals surface area contributed by atoms with E-state index in [0.29, 0.717) is 31.7 Å². The molecule has 1 unspecified atom stereocenters. The summed E-state index contributed by atoms with van der Waals surface area (Å²) in [5.74, 6) is -0.143. The average molecular weight is 646 g/mol. The van der Waals surface area contributed by atoms with Gasteiger partial charge in [0.05, 0.1) is 31.1 Å². The summed E-state index contributed by atoms with van der Waals surface area (Å²) in [5, 5.41) is 3.47. The summed E-state index contributed by atoms with van der Waals surface area (Å²) in [6.45, 7) is 0.754. The molecule has 3 aromatic carbocycles. The van der Waals surface area contributed by atoms with Gasteiger partial charge in [-0.2, -0.15) is 0 Å². The lowest BCUT2D eigenvalue weighted by atomic mass is 9.90. The molecule has 0 saturated heterocycles. The van der Waals surface area contributed by atoms with E-state index in [1.807, 2.05) is 66.7 Å². The van der Waals surface area contributed by atoms with E-state index >= 15 is 0 Å². The minimum Gasteiger partial charge on any atom is -0.478 e. The van der Waals surface area contributed by atoms with E-state index in [0.717, 1.165) is 33.5 Å². The minimum absolute atomic E-state index is 0.0522. The van der Waals surface area contributed by atoms with Crippen molar-refractivity contribution in [3.63, 3.8) is 0 Å². The van der Waals surface area contributed by atoms with Gasteiger partial charge in [0.25, 0.3) is 5.91 Å². The van der Waals surface area contributed by atoms with Crippen LogP contribution in [0.4, 0.5) is 5.69 Å². The summed E-state index contributed by atoms with van der Waals surface area (Å²) in [6, 6.07) is 29.9. The number of hydrogen-bond acceptors (Lipinski definition) is 7. The van der Waals surface area contributed by atoms with E-state index in [2.05, 4.69) is 34.6 Å². The quantitative estimate of drug-likeness (QED) is 0.198. The maximum atomic E-state index is 14.3. The van der Waals surface area contributed by atoms with Gasteiger partial charge in [0.1, 0.15) is 5.75 Å². The Bertz CT molecular complexity index is 1870. The zero-order valence-corrected chi connectivity index (χ0v) is 27.3. The summed E-state index contributed by atoms with van der Waals surface area (Å²) in [6.07, 6.45) is 3.84. The van der Waals surface area contributed by atoms with Crippen LogP contribution in [0.25, 0.3) is 5.52 Å². The largest absolute Gasteiger partial charge is 0.478 e. The van der Waals surface area contributed by atoms with E-state index in [1.165, 1.54) is 12.0 Å². The summed E-state index contributed by atoms with van der Waals surface area (Å²) >= 11 is 0. The number of imidazole rings is 1. The van der Waals surface area contributed by atoms with Crippen molar-refractivity contribution in [2.24, 2.45) is 0 Å². The Morgan fingerprint density at radius 3 is 2.35 bits per heavy atom. The SMILES string of the molecule is COC(=O)c1ncc2cc(CNc3cccc4c3OC(C(=O)N(CC(=O)N(C)C)CC(c3ccccc3)c3ccccc3)CC4)ccn12. The van der Waals surface area contributed by atoms with Crippen LogP contribution >= 0.6 is 0 Å². The number of esters is 1. The van der Waals surface area contributed by atoms with Gasteiger partial charge in [-0.25, -0.2) is 9.78 Å². The van der Waals surface area contributed by atoms with Crippen LogP contribution in [0.15, 0.2) is 103 Å². The standard InChI is InChI=1S/C38H39N5O5/c1-41(2)34(44)25-42(24-31(27-11-6-4-7-12-27)28-13-8-5-9-14-28)37(45)33-18-17-29-15-10-16-32(35(29)48-33)39-22-26-19-20-43-30(21-26)23-40-36(43)38(46)47-3/h4-16,19-21,23,31,33,39H,17-18,22,24-25H2,1-3H3. The van der Waals surface area contributed by atoms with Crippen LogP contribution in [-0.4, -0.2) is 77.4 Å². The van der Waals surface area contributed by atoms with Crippen LogP contribution in [0.2, 0.25) is 0 Å². The number of likely N-dealkylation sites (N-methyl/N-ethyl adjacent to an activating group) is 1. The highest BCUT2D eigenvalue weighted by Gasteiger charge is 2.34. The van der Waals surface area contributed by atoms with Gasteiger partial charge in [-0.05, 0) is 53.3 Å². The minimum atomic E-state index is -0.748. The Balaban J connectivity index is 1.22. The molecule has 1 aliphatic heterocycles. The topological polar surface area (TPSA) is 105 Å². The van der Waals surface area contributed by atoms with Crippen molar-refractivity contribution in [2.45, 2.75) is 31.4 Å². The smallest absolute Gasteiger partial charge is 0.374 e. The predicted molar refractivity (Wildman–Crippen MR) is 183 cm³/mol. The molecule has 10 nitrogen and oxygen atoms in total. The molecule has 5 aromatic rings. The number of nitrogens with zero attached hydrogens (tertiary/aromatic N) is 4.